The summed E-state index contributed by atoms with van der Waals surface area (Å²) in [6.07, 6.45) is 3.17. The van der Waals surface area contributed by atoms with Crippen molar-refractivity contribution < 1.29 is 4.42 Å². The summed E-state index contributed by atoms with van der Waals surface area (Å²) >= 11 is 1.64. The number of thiophene rings is 1. The van der Waals surface area contributed by atoms with Gasteiger partial charge in [0.25, 0.3) is 0 Å². The predicted molar refractivity (Wildman–Crippen MR) is 97.5 cm³/mol. The van der Waals surface area contributed by atoms with Gasteiger partial charge in [0.15, 0.2) is 5.82 Å². The number of anilines is 1. The molecule has 24 heavy (non-hydrogen) atoms. The fourth-order valence-corrected chi connectivity index (χ4v) is 3.37. The maximum Gasteiger partial charge on any atom is 0.158 e. The Kier molecular flexibility index (Phi) is 3.80. The normalized spacial score (nSPS) is 11.4. The summed E-state index contributed by atoms with van der Waals surface area (Å²) in [5.41, 5.74) is 4.14. The minimum Gasteiger partial charge on any atom is -0.460 e. The second-order valence-electron chi connectivity index (χ2n) is 5.24. The standard InChI is InChI=1S/C18H14N4OS/c1-12-7-8-14(23-12)10-21-22-17-15-9-16(13-5-3-2-4-6-13)24-18(15)20-11-19-17/h2-11H,1H3,(H,19,20,22). The van der Waals surface area contributed by atoms with Crippen LogP contribution < -0.4 is 5.43 Å². The maximum atomic E-state index is 5.45. The van der Waals surface area contributed by atoms with E-state index in [9.17, 15) is 0 Å². The number of hydrogen-bond acceptors (Lipinski definition) is 6. The Hall–Kier alpha value is -2.99. The lowest BCUT2D eigenvalue weighted by atomic mass is 10.2. The predicted octanol–water partition coefficient (Wildman–Crippen LogP) is 4.71. The smallest absolute Gasteiger partial charge is 0.158 e. The monoisotopic (exact) mass is 334 g/mol. The van der Waals surface area contributed by atoms with Crippen LogP contribution in [-0.4, -0.2) is 16.2 Å². The highest BCUT2D eigenvalue weighted by molar-refractivity contribution is 7.21. The quantitative estimate of drug-likeness (QED) is 0.434. The van der Waals surface area contributed by atoms with E-state index in [1.54, 1.807) is 23.9 Å². The van der Waals surface area contributed by atoms with Gasteiger partial charge in [0.1, 0.15) is 22.7 Å². The van der Waals surface area contributed by atoms with Gasteiger partial charge in [-0.2, -0.15) is 5.10 Å². The van der Waals surface area contributed by atoms with Gasteiger partial charge in [-0.25, -0.2) is 9.97 Å². The summed E-state index contributed by atoms with van der Waals surface area (Å²) < 4.78 is 5.45. The lowest BCUT2D eigenvalue weighted by Crippen LogP contribution is -1.94. The molecular formula is C18H14N4OS. The molecule has 0 amide bonds. The molecule has 3 heterocycles. The van der Waals surface area contributed by atoms with E-state index in [0.717, 1.165) is 20.9 Å². The first-order chi connectivity index (χ1) is 11.8. The van der Waals surface area contributed by atoms with Crippen LogP contribution in [-0.2, 0) is 0 Å². The van der Waals surface area contributed by atoms with Crippen molar-refractivity contribution in [3.8, 4) is 10.4 Å². The zero-order valence-electron chi connectivity index (χ0n) is 12.9. The molecule has 0 bridgehead atoms. The van der Waals surface area contributed by atoms with Crippen LogP contribution in [0.2, 0.25) is 0 Å². The van der Waals surface area contributed by atoms with Crippen LogP contribution in [0.3, 0.4) is 0 Å². The van der Waals surface area contributed by atoms with E-state index in [0.29, 0.717) is 11.6 Å². The molecule has 0 atom stereocenters. The summed E-state index contributed by atoms with van der Waals surface area (Å²) in [5, 5.41) is 5.16. The van der Waals surface area contributed by atoms with Crippen LogP contribution in [0, 0.1) is 6.92 Å². The summed E-state index contributed by atoms with van der Waals surface area (Å²) in [7, 11) is 0. The van der Waals surface area contributed by atoms with Gasteiger partial charge in [-0.3, -0.25) is 5.43 Å². The molecule has 1 aromatic carbocycles. The Bertz CT molecular complexity index is 1000. The molecule has 3 aromatic heterocycles. The van der Waals surface area contributed by atoms with E-state index in [4.69, 9.17) is 4.42 Å². The number of furan rings is 1. The maximum absolute atomic E-state index is 5.45. The molecule has 4 aromatic rings. The largest absolute Gasteiger partial charge is 0.460 e. The molecule has 0 unspecified atom stereocenters. The van der Waals surface area contributed by atoms with Gasteiger partial charge >= 0.3 is 0 Å². The van der Waals surface area contributed by atoms with Crippen LogP contribution >= 0.6 is 11.3 Å². The third kappa shape index (κ3) is 2.91. The molecule has 0 saturated carbocycles. The molecule has 0 aliphatic heterocycles. The molecule has 0 spiro atoms. The van der Waals surface area contributed by atoms with Gasteiger partial charge in [0, 0.05) is 4.88 Å². The Morgan fingerprint density at radius 2 is 2.00 bits per heavy atom. The van der Waals surface area contributed by atoms with Crippen LogP contribution in [0.4, 0.5) is 5.82 Å². The molecule has 5 nitrogen and oxygen atoms in total. The van der Waals surface area contributed by atoms with Crippen molar-refractivity contribution >= 4 is 33.6 Å². The minimum atomic E-state index is 0.679. The molecule has 118 valence electrons. The second-order valence-corrected chi connectivity index (χ2v) is 6.27. The molecule has 0 aliphatic carbocycles. The minimum absolute atomic E-state index is 0.679. The number of aromatic nitrogens is 2. The number of nitrogens with zero attached hydrogens (tertiary/aromatic N) is 3. The van der Waals surface area contributed by atoms with Crippen LogP contribution in [0.1, 0.15) is 11.5 Å². The van der Waals surface area contributed by atoms with E-state index < -0.39 is 0 Å². The zero-order chi connectivity index (χ0) is 16.4. The molecule has 4 rings (SSSR count). The van der Waals surface area contributed by atoms with Gasteiger partial charge in [0.2, 0.25) is 0 Å². The van der Waals surface area contributed by atoms with Gasteiger partial charge < -0.3 is 4.42 Å². The van der Waals surface area contributed by atoms with Gasteiger partial charge in [-0.15, -0.1) is 11.3 Å². The fourth-order valence-electron chi connectivity index (χ4n) is 2.37. The number of rotatable bonds is 4. The zero-order valence-corrected chi connectivity index (χ0v) is 13.7. The van der Waals surface area contributed by atoms with E-state index in [-0.39, 0.29) is 0 Å². The van der Waals surface area contributed by atoms with Crippen molar-refractivity contribution in [1.29, 1.82) is 0 Å². The summed E-state index contributed by atoms with van der Waals surface area (Å²) in [6.45, 7) is 1.90. The molecule has 0 radical (unpaired) electrons. The highest BCUT2D eigenvalue weighted by Crippen LogP contribution is 2.34. The number of hydrazone groups is 1. The number of benzene rings is 1. The van der Waals surface area contributed by atoms with Crippen molar-refractivity contribution in [3.63, 3.8) is 0 Å². The lowest BCUT2D eigenvalue weighted by molar-refractivity contribution is 0.528. The summed E-state index contributed by atoms with van der Waals surface area (Å²) in [6, 6.07) is 16.1. The Balaban J connectivity index is 1.63. The van der Waals surface area contributed by atoms with Gasteiger partial charge in [0.05, 0.1) is 11.6 Å². The molecule has 6 heteroatoms. The van der Waals surface area contributed by atoms with Crippen LogP contribution in [0.15, 0.2) is 64.4 Å². The Morgan fingerprint density at radius 3 is 2.79 bits per heavy atom. The SMILES string of the molecule is Cc1ccc(C=NNc2ncnc3sc(-c4ccccc4)cc23)o1. The first kappa shape index (κ1) is 14.6. The van der Waals surface area contributed by atoms with Crippen molar-refractivity contribution in [2.45, 2.75) is 6.92 Å². The van der Waals surface area contributed by atoms with Gasteiger partial charge in [-0.05, 0) is 30.7 Å². The molecule has 0 aliphatic rings. The highest BCUT2D eigenvalue weighted by Gasteiger charge is 2.09. The first-order valence-electron chi connectivity index (χ1n) is 7.45. The third-order valence-corrected chi connectivity index (χ3v) is 4.60. The Labute approximate surface area is 142 Å². The molecular weight excluding hydrogens is 320 g/mol. The van der Waals surface area contributed by atoms with Crippen LogP contribution in [0.5, 0.6) is 0 Å². The van der Waals surface area contributed by atoms with E-state index in [1.165, 1.54) is 5.56 Å². The van der Waals surface area contributed by atoms with Gasteiger partial charge in [-0.1, -0.05) is 30.3 Å². The van der Waals surface area contributed by atoms with E-state index in [2.05, 4.69) is 38.7 Å². The van der Waals surface area contributed by atoms with Crippen molar-refractivity contribution in [3.05, 3.63) is 66.4 Å². The van der Waals surface area contributed by atoms with Crippen molar-refractivity contribution in [1.82, 2.24) is 9.97 Å². The van der Waals surface area contributed by atoms with Crippen molar-refractivity contribution in [2.75, 3.05) is 5.43 Å². The lowest BCUT2D eigenvalue weighted by Gasteiger charge is -1.99. The first-order valence-corrected chi connectivity index (χ1v) is 8.27. The highest BCUT2D eigenvalue weighted by atomic mass is 32.1. The molecule has 0 fully saturated rings. The van der Waals surface area contributed by atoms with Crippen molar-refractivity contribution in [2.24, 2.45) is 5.10 Å². The topological polar surface area (TPSA) is 63.3 Å². The number of aryl methyl sites for hydroxylation is 1. The number of nitrogens with one attached hydrogen (secondary N) is 1. The average Bonchev–Trinajstić information content (AvgIpc) is 3.22. The number of fused-ring (bicyclic) bond motifs is 1. The van der Waals surface area contributed by atoms with Crippen LogP contribution in [0.25, 0.3) is 20.7 Å². The van der Waals surface area contributed by atoms with E-state index >= 15 is 0 Å². The third-order valence-electron chi connectivity index (χ3n) is 3.51. The van der Waals surface area contributed by atoms with E-state index in [1.807, 2.05) is 37.3 Å². The fraction of sp³-hybridized carbons (Fsp3) is 0.0556. The number of hydrogen-bond donors (Lipinski definition) is 1. The second kappa shape index (κ2) is 6.25. The summed E-state index contributed by atoms with van der Waals surface area (Å²) in [5.74, 6) is 2.23. The summed E-state index contributed by atoms with van der Waals surface area (Å²) in [4.78, 5) is 10.7. The average molecular weight is 334 g/mol. The Morgan fingerprint density at radius 1 is 1.12 bits per heavy atom. The molecule has 1 N–H and O–H groups in total. The molecule has 0 saturated heterocycles.